The van der Waals surface area contributed by atoms with Gasteiger partial charge in [-0.2, -0.15) is 0 Å². The average molecular weight is 393 g/mol. The van der Waals surface area contributed by atoms with Crippen molar-refractivity contribution in [2.24, 2.45) is 5.92 Å². The summed E-state index contributed by atoms with van der Waals surface area (Å²) in [6, 6.07) is 9.08. The molecule has 2 atom stereocenters. The number of ether oxygens (including phenoxy) is 1. The van der Waals surface area contributed by atoms with E-state index in [1.165, 1.54) is 0 Å². The average Bonchev–Trinajstić information content (AvgIpc) is 3.24. The SMILES string of the molecule is CC1C(Oc2ccc(-c3ccc(-n4ccnc4)cc3O)nn2)CCN(C)C1(C)C. The third kappa shape index (κ3) is 3.70. The highest BCUT2D eigenvalue weighted by Crippen LogP contribution is 2.34. The molecule has 1 aliphatic rings. The van der Waals surface area contributed by atoms with Crippen molar-refractivity contribution >= 4 is 0 Å². The van der Waals surface area contributed by atoms with Crippen molar-refractivity contribution in [3.05, 3.63) is 49.1 Å². The fourth-order valence-corrected chi connectivity index (χ4v) is 3.81. The van der Waals surface area contributed by atoms with Gasteiger partial charge in [-0.15, -0.1) is 10.2 Å². The van der Waals surface area contributed by atoms with Gasteiger partial charge >= 0.3 is 0 Å². The van der Waals surface area contributed by atoms with E-state index in [0.717, 1.165) is 18.7 Å². The number of rotatable bonds is 4. The minimum absolute atomic E-state index is 0.0685. The van der Waals surface area contributed by atoms with Crippen LogP contribution >= 0.6 is 0 Å². The zero-order valence-electron chi connectivity index (χ0n) is 17.3. The van der Waals surface area contributed by atoms with E-state index < -0.39 is 0 Å². The highest BCUT2D eigenvalue weighted by molar-refractivity contribution is 5.68. The van der Waals surface area contributed by atoms with Crippen LogP contribution < -0.4 is 4.74 Å². The molecule has 0 spiro atoms. The number of imidazole rings is 1. The van der Waals surface area contributed by atoms with Crippen molar-refractivity contribution in [2.45, 2.75) is 38.8 Å². The van der Waals surface area contributed by atoms with E-state index in [1.54, 1.807) is 18.6 Å². The minimum Gasteiger partial charge on any atom is -0.507 e. The Morgan fingerprint density at radius 3 is 2.66 bits per heavy atom. The highest BCUT2D eigenvalue weighted by atomic mass is 16.5. The minimum atomic E-state index is 0.0685. The molecular weight excluding hydrogens is 366 g/mol. The molecule has 4 rings (SSSR count). The van der Waals surface area contributed by atoms with Crippen LogP contribution in [-0.2, 0) is 0 Å². The van der Waals surface area contributed by atoms with Crippen molar-refractivity contribution < 1.29 is 9.84 Å². The van der Waals surface area contributed by atoms with Crippen molar-refractivity contribution in [2.75, 3.05) is 13.6 Å². The Morgan fingerprint density at radius 2 is 2.00 bits per heavy atom. The van der Waals surface area contributed by atoms with Gasteiger partial charge in [-0.05, 0) is 45.5 Å². The topological polar surface area (TPSA) is 76.3 Å². The van der Waals surface area contributed by atoms with Gasteiger partial charge in [0, 0.05) is 48.1 Å². The largest absolute Gasteiger partial charge is 0.507 e. The van der Waals surface area contributed by atoms with Gasteiger partial charge in [0.2, 0.25) is 5.88 Å². The van der Waals surface area contributed by atoms with Gasteiger partial charge in [-0.1, -0.05) is 6.92 Å². The molecule has 1 aromatic carbocycles. The van der Waals surface area contributed by atoms with Crippen LogP contribution in [0.4, 0.5) is 0 Å². The number of phenols is 1. The Labute approximate surface area is 171 Å². The van der Waals surface area contributed by atoms with Gasteiger partial charge in [0.25, 0.3) is 0 Å². The normalized spacial score (nSPS) is 21.8. The first-order chi connectivity index (χ1) is 13.9. The van der Waals surface area contributed by atoms with Crippen molar-refractivity contribution in [1.29, 1.82) is 0 Å². The molecule has 2 aromatic heterocycles. The predicted molar refractivity (Wildman–Crippen MR) is 111 cm³/mol. The first-order valence-corrected chi connectivity index (χ1v) is 9.89. The number of aromatic hydroxyl groups is 1. The maximum atomic E-state index is 10.5. The Morgan fingerprint density at radius 1 is 1.17 bits per heavy atom. The molecule has 1 aliphatic heterocycles. The lowest BCUT2D eigenvalue weighted by Gasteiger charge is -2.48. The van der Waals surface area contributed by atoms with E-state index in [0.29, 0.717) is 23.1 Å². The maximum Gasteiger partial charge on any atom is 0.233 e. The van der Waals surface area contributed by atoms with Crippen molar-refractivity contribution in [1.82, 2.24) is 24.6 Å². The molecule has 3 heterocycles. The van der Waals surface area contributed by atoms with Crippen LogP contribution in [0, 0.1) is 5.92 Å². The van der Waals surface area contributed by atoms with E-state index in [2.05, 4.69) is 47.9 Å². The van der Waals surface area contributed by atoms with Crippen LogP contribution in [0.2, 0.25) is 0 Å². The number of piperidine rings is 1. The summed E-state index contributed by atoms with van der Waals surface area (Å²) < 4.78 is 8.00. The lowest BCUT2D eigenvalue weighted by atomic mass is 9.79. The second-order valence-corrected chi connectivity index (χ2v) is 8.24. The summed E-state index contributed by atoms with van der Waals surface area (Å²) >= 11 is 0. The smallest absolute Gasteiger partial charge is 0.233 e. The van der Waals surface area contributed by atoms with E-state index in [1.807, 2.05) is 35.0 Å². The van der Waals surface area contributed by atoms with E-state index >= 15 is 0 Å². The van der Waals surface area contributed by atoms with Crippen LogP contribution in [0.5, 0.6) is 11.6 Å². The van der Waals surface area contributed by atoms with Gasteiger partial charge in [0.05, 0.1) is 17.7 Å². The summed E-state index contributed by atoms with van der Waals surface area (Å²) in [5.41, 5.74) is 2.13. The van der Waals surface area contributed by atoms with Gasteiger partial charge in [0.1, 0.15) is 11.9 Å². The predicted octanol–water partition coefficient (Wildman–Crippen LogP) is 3.53. The lowest BCUT2D eigenvalue weighted by Crippen LogP contribution is -2.56. The lowest BCUT2D eigenvalue weighted by molar-refractivity contribution is -0.0301. The number of nitrogens with zero attached hydrogens (tertiary/aromatic N) is 5. The first-order valence-electron chi connectivity index (χ1n) is 9.89. The zero-order chi connectivity index (χ0) is 20.6. The molecular formula is C22H27N5O2. The van der Waals surface area contributed by atoms with Crippen molar-refractivity contribution in [3.8, 4) is 28.6 Å². The van der Waals surface area contributed by atoms with Crippen LogP contribution in [-0.4, -0.2) is 55.0 Å². The molecule has 2 unspecified atom stereocenters. The second-order valence-electron chi connectivity index (χ2n) is 8.24. The summed E-state index contributed by atoms with van der Waals surface area (Å²) in [4.78, 5) is 6.40. The summed E-state index contributed by atoms with van der Waals surface area (Å²) in [6.07, 6.45) is 6.27. The summed E-state index contributed by atoms with van der Waals surface area (Å²) in [5, 5.41) is 19.0. The van der Waals surface area contributed by atoms with Crippen molar-refractivity contribution in [3.63, 3.8) is 0 Å². The Bertz CT molecular complexity index is 969. The first kappa shape index (κ1) is 19.4. The molecule has 1 fully saturated rings. The zero-order valence-corrected chi connectivity index (χ0v) is 17.3. The Balaban J connectivity index is 1.50. The standard InChI is InChI=1S/C22H27N5O2/c1-15-20(9-11-26(4)22(15,2)3)29-21-8-7-18(24-25-21)17-6-5-16(13-19(17)28)27-12-10-23-14-27/h5-8,10,12-15,20,28H,9,11H2,1-4H3. The van der Waals surface area contributed by atoms with Crippen LogP contribution in [0.1, 0.15) is 27.2 Å². The monoisotopic (exact) mass is 393 g/mol. The summed E-state index contributed by atoms with van der Waals surface area (Å²) in [6.45, 7) is 7.71. The number of benzene rings is 1. The number of hydrogen-bond donors (Lipinski definition) is 1. The molecule has 0 bridgehead atoms. The van der Waals surface area contributed by atoms with E-state index in [4.69, 9.17) is 4.74 Å². The molecule has 0 amide bonds. The number of hydrogen-bond acceptors (Lipinski definition) is 6. The molecule has 7 heteroatoms. The van der Waals surface area contributed by atoms with Crippen LogP contribution in [0.15, 0.2) is 49.1 Å². The van der Waals surface area contributed by atoms with Crippen LogP contribution in [0.3, 0.4) is 0 Å². The fourth-order valence-electron chi connectivity index (χ4n) is 3.81. The summed E-state index contributed by atoms with van der Waals surface area (Å²) in [5.74, 6) is 1.02. The fraction of sp³-hybridized carbons (Fsp3) is 0.409. The second kappa shape index (κ2) is 7.48. The van der Waals surface area contributed by atoms with Crippen LogP contribution in [0.25, 0.3) is 16.9 Å². The molecule has 29 heavy (non-hydrogen) atoms. The molecule has 0 aliphatic carbocycles. The number of likely N-dealkylation sites (tertiary alicyclic amines) is 1. The van der Waals surface area contributed by atoms with E-state index in [-0.39, 0.29) is 17.4 Å². The van der Waals surface area contributed by atoms with Gasteiger partial charge < -0.3 is 19.3 Å². The highest BCUT2D eigenvalue weighted by Gasteiger charge is 2.40. The number of phenolic OH excluding ortho intramolecular Hbond substituents is 1. The molecule has 1 saturated heterocycles. The van der Waals surface area contributed by atoms with Gasteiger partial charge in [-0.3, -0.25) is 0 Å². The quantitative estimate of drug-likeness (QED) is 0.731. The Hall–Kier alpha value is -2.93. The molecule has 1 N–H and O–H groups in total. The molecule has 0 radical (unpaired) electrons. The van der Waals surface area contributed by atoms with Gasteiger partial charge in [-0.25, -0.2) is 4.98 Å². The maximum absolute atomic E-state index is 10.5. The molecule has 3 aromatic rings. The molecule has 152 valence electrons. The van der Waals surface area contributed by atoms with Gasteiger partial charge in [0.15, 0.2) is 0 Å². The number of aromatic nitrogens is 4. The third-order valence-corrected chi connectivity index (χ3v) is 6.38. The van der Waals surface area contributed by atoms with E-state index in [9.17, 15) is 5.11 Å². The summed E-state index contributed by atoms with van der Waals surface area (Å²) in [7, 11) is 2.16. The Kier molecular flexibility index (Phi) is 5.00. The third-order valence-electron chi connectivity index (χ3n) is 6.38. The molecule has 0 saturated carbocycles. The molecule has 7 nitrogen and oxygen atoms in total.